The molecule has 3 heterocycles. The number of hydrogen-bond donors (Lipinski definition) is 0. The van der Waals surface area contributed by atoms with E-state index < -0.39 is 0 Å². The fourth-order valence-electron chi connectivity index (χ4n) is 9.33. The van der Waals surface area contributed by atoms with Crippen LogP contribution in [-0.4, -0.2) is 15.0 Å². The quantitative estimate of drug-likeness (QED) is 0.171. The summed E-state index contributed by atoms with van der Waals surface area (Å²) in [4.78, 5) is 15.0. The number of aromatic nitrogens is 3. The van der Waals surface area contributed by atoms with Gasteiger partial charge in [-0.15, -0.1) is 0 Å². The van der Waals surface area contributed by atoms with E-state index in [2.05, 4.69) is 164 Å². The SMILES string of the molecule is c1ccc(-c2c3c(c(-c4ccccc4)c4ccccc24)-c2ccc(-c4ccc(-c5ccc6ccc7cccnc7c6n5)c5cccnc45)c4cccc-3c24)cc1. The molecule has 8 aromatic carbocycles. The van der Waals surface area contributed by atoms with Crippen LogP contribution in [0.15, 0.2) is 188 Å². The standard InChI is InChI=1S/C53H31N3/c1-3-12-32(13-4-1)46-39-17-7-8-18-40(39)47(33-14-5-2-6-15-33)50-44-28-25-36(38-19-9-20-43(48(38)44)49(46)50)42-27-26-37(41-21-11-31-55-53(41)42)45-29-24-35-23-22-34-16-10-30-54-51(34)52(35)56-45/h1-31H. The lowest BCUT2D eigenvalue weighted by atomic mass is 9.82. The minimum Gasteiger partial charge on any atom is -0.256 e. The van der Waals surface area contributed by atoms with Gasteiger partial charge in [0, 0.05) is 39.7 Å². The Bertz CT molecular complexity index is 3310. The zero-order chi connectivity index (χ0) is 36.7. The highest BCUT2D eigenvalue weighted by Gasteiger charge is 2.31. The van der Waals surface area contributed by atoms with Crippen molar-refractivity contribution in [3.63, 3.8) is 0 Å². The Morgan fingerprint density at radius 1 is 0.286 bits per heavy atom. The predicted octanol–water partition coefficient (Wildman–Crippen LogP) is 14.0. The Labute approximate surface area is 323 Å². The van der Waals surface area contributed by atoms with Gasteiger partial charge in [0.25, 0.3) is 0 Å². The molecule has 3 nitrogen and oxygen atoms in total. The first-order chi connectivity index (χ1) is 27.8. The van der Waals surface area contributed by atoms with Gasteiger partial charge in [-0.2, -0.15) is 0 Å². The molecular weight excluding hydrogens is 679 g/mol. The fourth-order valence-corrected chi connectivity index (χ4v) is 9.33. The first kappa shape index (κ1) is 30.9. The van der Waals surface area contributed by atoms with Crippen molar-refractivity contribution in [3.8, 4) is 66.9 Å². The lowest BCUT2D eigenvalue weighted by Crippen LogP contribution is -1.93. The van der Waals surface area contributed by atoms with Crippen LogP contribution in [0.25, 0.3) is 121 Å². The third-order valence-electron chi connectivity index (χ3n) is 11.7. The van der Waals surface area contributed by atoms with Gasteiger partial charge in [0.2, 0.25) is 0 Å². The number of nitrogens with zero attached hydrogens (tertiary/aromatic N) is 3. The fraction of sp³-hybridized carbons (Fsp3) is 0. The van der Waals surface area contributed by atoms with Crippen molar-refractivity contribution in [1.29, 1.82) is 0 Å². The Morgan fingerprint density at radius 3 is 1.55 bits per heavy atom. The summed E-state index contributed by atoms with van der Waals surface area (Å²) in [7, 11) is 0. The molecule has 0 unspecified atom stereocenters. The molecule has 1 aliphatic rings. The van der Waals surface area contributed by atoms with E-state index in [0.717, 1.165) is 49.5 Å². The number of rotatable bonds is 4. The van der Waals surface area contributed by atoms with Gasteiger partial charge in [-0.25, -0.2) is 4.98 Å². The molecule has 56 heavy (non-hydrogen) atoms. The second kappa shape index (κ2) is 12.0. The average Bonchev–Trinajstić information content (AvgIpc) is 3.60. The molecule has 0 saturated heterocycles. The van der Waals surface area contributed by atoms with E-state index in [1.807, 2.05) is 24.5 Å². The van der Waals surface area contributed by atoms with Gasteiger partial charge in [-0.1, -0.05) is 158 Å². The molecule has 0 atom stereocenters. The third kappa shape index (κ3) is 4.43. The molecule has 0 radical (unpaired) electrons. The molecule has 0 amide bonds. The molecule has 0 N–H and O–H groups in total. The summed E-state index contributed by atoms with van der Waals surface area (Å²) in [5.74, 6) is 0. The zero-order valence-electron chi connectivity index (χ0n) is 30.2. The van der Waals surface area contributed by atoms with E-state index in [0.29, 0.717) is 0 Å². The van der Waals surface area contributed by atoms with Crippen LogP contribution in [0, 0.1) is 0 Å². The van der Waals surface area contributed by atoms with Gasteiger partial charge < -0.3 is 0 Å². The molecule has 0 aliphatic heterocycles. The largest absolute Gasteiger partial charge is 0.256 e. The summed E-state index contributed by atoms with van der Waals surface area (Å²) in [6.07, 6.45) is 3.74. The van der Waals surface area contributed by atoms with Crippen LogP contribution < -0.4 is 0 Å². The maximum Gasteiger partial charge on any atom is 0.0972 e. The summed E-state index contributed by atoms with van der Waals surface area (Å²) in [5, 5.41) is 8.26. The van der Waals surface area contributed by atoms with Crippen LogP contribution in [0.4, 0.5) is 0 Å². The van der Waals surface area contributed by atoms with E-state index in [4.69, 9.17) is 15.0 Å². The first-order valence-corrected chi connectivity index (χ1v) is 19.1. The van der Waals surface area contributed by atoms with Gasteiger partial charge in [-0.3, -0.25) is 9.97 Å². The molecular formula is C53H31N3. The van der Waals surface area contributed by atoms with Crippen molar-refractivity contribution in [2.45, 2.75) is 0 Å². The second-order valence-corrected chi connectivity index (χ2v) is 14.6. The molecule has 258 valence electrons. The molecule has 3 aromatic heterocycles. The average molecular weight is 710 g/mol. The van der Waals surface area contributed by atoms with Crippen molar-refractivity contribution >= 4 is 54.3 Å². The number of fused-ring (bicyclic) bond motifs is 8. The van der Waals surface area contributed by atoms with Gasteiger partial charge in [0.05, 0.1) is 22.2 Å². The molecule has 0 saturated carbocycles. The topological polar surface area (TPSA) is 38.7 Å². The molecule has 1 aliphatic carbocycles. The van der Waals surface area contributed by atoms with Crippen molar-refractivity contribution in [2.75, 3.05) is 0 Å². The van der Waals surface area contributed by atoms with Crippen molar-refractivity contribution in [1.82, 2.24) is 15.0 Å². The van der Waals surface area contributed by atoms with Crippen LogP contribution in [0.1, 0.15) is 0 Å². The Hall–Kier alpha value is -7.49. The molecule has 0 fully saturated rings. The van der Waals surface area contributed by atoms with Gasteiger partial charge >= 0.3 is 0 Å². The van der Waals surface area contributed by atoms with Crippen LogP contribution in [0.5, 0.6) is 0 Å². The molecule has 12 rings (SSSR count). The van der Waals surface area contributed by atoms with Gasteiger partial charge in [0.15, 0.2) is 0 Å². The maximum atomic E-state index is 5.23. The minimum atomic E-state index is 0.907. The van der Waals surface area contributed by atoms with Crippen LogP contribution in [-0.2, 0) is 0 Å². The highest BCUT2D eigenvalue weighted by atomic mass is 14.8. The highest BCUT2D eigenvalue weighted by Crippen LogP contribution is 2.58. The summed E-state index contributed by atoms with van der Waals surface area (Å²) in [6, 6.07) is 63.5. The zero-order valence-corrected chi connectivity index (χ0v) is 30.2. The van der Waals surface area contributed by atoms with E-state index in [9.17, 15) is 0 Å². The number of benzene rings is 8. The maximum absolute atomic E-state index is 5.23. The van der Waals surface area contributed by atoms with E-state index in [-0.39, 0.29) is 0 Å². The molecule has 11 aromatic rings. The molecule has 3 heteroatoms. The van der Waals surface area contributed by atoms with Crippen molar-refractivity contribution < 1.29 is 0 Å². The second-order valence-electron chi connectivity index (χ2n) is 14.6. The summed E-state index contributed by atoms with van der Waals surface area (Å²) < 4.78 is 0. The summed E-state index contributed by atoms with van der Waals surface area (Å²) >= 11 is 0. The minimum absolute atomic E-state index is 0.907. The van der Waals surface area contributed by atoms with Crippen molar-refractivity contribution in [2.24, 2.45) is 0 Å². The number of hydrogen-bond acceptors (Lipinski definition) is 3. The lowest BCUT2D eigenvalue weighted by Gasteiger charge is -2.20. The predicted molar refractivity (Wildman–Crippen MR) is 234 cm³/mol. The smallest absolute Gasteiger partial charge is 0.0972 e. The normalized spacial score (nSPS) is 11.9. The third-order valence-corrected chi connectivity index (χ3v) is 11.7. The van der Waals surface area contributed by atoms with Gasteiger partial charge in [-0.05, 0) is 89.8 Å². The first-order valence-electron chi connectivity index (χ1n) is 19.1. The Kier molecular flexibility index (Phi) is 6.63. The molecule has 0 bridgehead atoms. The van der Waals surface area contributed by atoms with Crippen molar-refractivity contribution in [3.05, 3.63) is 188 Å². The lowest BCUT2D eigenvalue weighted by molar-refractivity contribution is 1.37. The highest BCUT2D eigenvalue weighted by molar-refractivity contribution is 6.29. The van der Waals surface area contributed by atoms with E-state index in [1.54, 1.807) is 0 Å². The van der Waals surface area contributed by atoms with Crippen LogP contribution >= 0.6 is 0 Å². The monoisotopic (exact) mass is 709 g/mol. The molecule has 0 spiro atoms. The Morgan fingerprint density at radius 2 is 0.821 bits per heavy atom. The number of pyridine rings is 3. The summed E-state index contributed by atoms with van der Waals surface area (Å²) in [6.45, 7) is 0. The van der Waals surface area contributed by atoms with Crippen LogP contribution in [0.2, 0.25) is 0 Å². The van der Waals surface area contributed by atoms with E-state index >= 15 is 0 Å². The Balaban J connectivity index is 1.12. The van der Waals surface area contributed by atoms with Crippen LogP contribution in [0.3, 0.4) is 0 Å². The van der Waals surface area contributed by atoms with Gasteiger partial charge in [0.1, 0.15) is 0 Å². The van der Waals surface area contributed by atoms with E-state index in [1.165, 1.54) is 71.6 Å². The summed E-state index contributed by atoms with van der Waals surface area (Å²) in [5.41, 5.74) is 17.2.